The van der Waals surface area contributed by atoms with Crippen LogP contribution in [0.25, 0.3) is 0 Å². The molecule has 0 saturated carbocycles. The molecular formula is C17H24N2O. The molecule has 1 N–H and O–H groups in total. The van der Waals surface area contributed by atoms with Gasteiger partial charge in [-0.1, -0.05) is 25.0 Å². The molecule has 108 valence electrons. The number of nitrogens with zero attached hydrogens (tertiary/aromatic N) is 1. The zero-order valence-electron chi connectivity index (χ0n) is 12.1. The van der Waals surface area contributed by atoms with Crippen LogP contribution in [0.1, 0.15) is 44.1 Å². The summed E-state index contributed by atoms with van der Waals surface area (Å²) in [5.74, 6) is 0.215. The Morgan fingerprint density at radius 3 is 2.95 bits per heavy atom. The summed E-state index contributed by atoms with van der Waals surface area (Å²) >= 11 is 0. The Balaban J connectivity index is 1.85. The first kappa shape index (κ1) is 13.5. The second-order valence-corrected chi connectivity index (χ2v) is 5.98. The van der Waals surface area contributed by atoms with E-state index in [4.69, 9.17) is 0 Å². The molecule has 2 heterocycles. The van der Waals surface area contributed by atoms with Crippen molar-refractivity contribution in [2.24, 2.45) is 0 Å². The standard InChI is InChI=1S/C17H24N2O/c20-17-16-10-6-12-19(16)15-9-5-8-14(13-15)7-3-1-2-4-11-18-17/h5,8-9,13,16H,1-4,6-7,10-12H2,(H,18,20). The number of carbonyl (C=O) groups is 1. The predicted octanol–water partition coefficient (Wildman–Crippen LogP) is 2.89. The quantitative estimate of drug-likeness (QED) is 0.787. The van der Waals surface area contributed by atoms with E-state index in [0.29, 0.717) is 0 Å². The lowest BCUT2D eigenvalue weighted by Gasteiger charge is -2.26. The number of nitrogens with one attached hydrogen (secondary N) is 1. The van der Waals surface area contributed by atoms with Crippen molar-refractivity contribution in [2.45, 2.75) is 51.0 Å². The molecule has 0 radical (unpaired) electrons. The van der Waals surface area contributed by atoms with Crippen LogP contribution in [0.5, 0.6) is 0 Å². The number of amides is 1. The highest BCUT2D eigenvalue weighted by molar-refractivity contribution is 5.85. The average molecular weight is 272 g/mol. The maximum Gasteiger partial charge on any atom is 0.242 e. The van der Waals surface area contributed by atoms with Crippen LogP contribution in [0.2, 0.25) is 0 Å². The minimum atomic E-state index is 0.0333. The average Bonchev–Trinajstić information content (AvgIpc) is 2.95. The summed E-state index contributed by atoms with van der Waals surface area (Å²) in [5.41, 5.74) is 2.63. The van der Waals surface area contributed by atoms with Crippen LogP contribution >= 0.6 is 0 Å². The Morgan fingerprint density at radius 2 is 2.00 bits per heavy atom. The first-order valence-corrected chi connectivity index (χ1v) is 7.98. The smallest absolute Gasteiger partial charge is 0.242 e. The van der Waals surface area contributed by atoms with E-state index in [9.17, 15) is 4.79 Å². The molecular weight excluding hydrogens is 248 g/mol. The van der Waals surface area contributed by atoms with E-state index in [0.717, 1.165) is 38.8 Å². The summed E-state index contributed by atoms with van der Waals surface area (Å²) in [6.07, 6.45) is 8.09. The van der Waals surface area contributed by atoms with E-state index in [1.807, 2.05) is 0 Å². The number of aryl methyl sites for hydroxylation is 1. The molecule has 3 nitrogen and oxygen atoms in total. The minimum absolute atomic E-state index is 0.0333. The van der Waals surface area contributed by atoms with E-state index >= 15 is 0 Å². The predicted molar refractivity (Wildman–Crippen MR) is 82.0 cm³/mol. The fraction of sp³-hybridized carbons (Fsp3) is 0.588. The van der Waals surface area contributed by atoms with Crippen molar-refractivity contribution in [2.75, 3.05) is 18.0 Å². The van der Waals surface area contributed by atoms with Gasteiger partial charge in [0.15, 0.2) is 0 Å². The van der Waals surface area contributed by atoms with Crippen molar-refractivity contribution in [3.63, 3.8) is 0 Å². The van der Waals surface area contributed by atoms with Crippen LogP contribution in [0, 0.1) is 0 Å². The molecule has 3 heteroatoms. The number of benzene rings is 1. The molecule has 1 aromatic carbocycles. The Bertz CT molecular complexity index is 472. The Kier molecular flexibility index (Phi) is 4.24. The lowest BCUT2D eigenvalue weighted by atomic mass is 10.1. The number of anilines is 1. The van der Waals surface area contributed by atoms with Crippen LogP contribution in [0.15, 0.2) is 24.3 Å². The van der Waals surface area contributed by atoms with Gasteiger partial charge in [-0.05, 0) is 49.8 Å². The van der Waals surface area contributed by atoms with Gasteiger partial charge in [-0.2, -0.15) is 0 Å². The molecule has 1 saturated heterocycles. The normalized spacial score (nSPS) is 24.1. The second kappa shape index (κ2) is 6.29. The third-order valence-electron chi connectivity index (χ3n) is 4.49. The van der Waals surface area contributed by atoms with Crippen molar-refractivity contribution in [1.29, 1.82) is 0 Å². The summed E-state index contributed by atoms with van der Waals surface area (Å²) < 4.78 is 0. The van der Waals surface area contributed by atoms with Crippen LogP contribution < -0.4 is 10.2 Å². The summed E-state index contributed by atoms with van der Waals surface area (Å²) in [6.45, 7) is 1.84. The van der Waals surface area contributed by atoms with E-state index in [1.165, 1.54) is 30.5 Å². The SMILES string of the molecule is O=C1NCCCCCCc2cccc(c2)N2CCCC12. The summed E-state index contributed by atoms with van der Waals surface area (Å²) in [5, 5.41) is 3.12. The number of carbonyl (C=O) groups excluding carboxylic acids is 1. The molecule has 0 spiro atoms. The Hall–Kier alpha value is -1.51. The molecule has 0 aliphatic carbocycles. The molecule has 2 aliphatic heterocycles. The Morgan fingerprint density at radius 1 is 1.10 bits per heavy atom. The first-order valence-electron chi connectivity index (χ1n) is 7.98. The van der Waals surface area contributed by atoms with Crippen molar-refractivity contribution < 1.29 is 4.79 Å². The maximum atomic E-state index is 12.3. The molecule has 1 fully saturated rings. The van der Waals surface area contributed by atoms with Gasteiger partial charge in [0.1, 0.15) is 6.04 Å². The molecule has 20 heavy (non-hydrogen) atoms. The number of fused-ring (bicyclic) bond motifs is 4. The molecule has 1 unspecified atom stereocenters. The Labute approximate surface area is 121 Å². The van der Waals surface area contributed by atoms with Crippen LogP contribution in [0.4, 0.5) is 5.69 Å². The van der Waals surface area contributed by atoms with Gasteiger partial charge in [0.05, 0.1) is 0 Å². The van der Waals surface area contributed by atoms with Crippen LogP contribution in [-0.2, 0) is 11.2 Å². The van der Waals surface area contributed by atoms with Gasteiger partial charge in [0.2, 0.25) is 5.91 Å². The lowest BCUT2D eigenvalue weighted by molar-refractivity contribution is -0.122. The fourth-order valence-corrected chi connectivity index (χ4v) is 3.38. The summed E-state index contributed by atoms with van der Waals surface area (Å²) in [6, 6.07) is 8.82. The first-order chi connectivity index (χ1) is 9.84. The van der Waals surface area contributed by atoms with Crippen molar-refractivity contribution >= 4 is 11.6 Å². The van der Waals surface area contributed by atoms with E-state index in [2.05, 4.69) is 34.5 Å². The zero-order chi connectivity index (χ0) is 13.8. The molecule has 1 aromatic rings. The van der Waals surface area contributed by atoms with Crippen LogP contribution in [-0.4, -0.2) is 25.0 Å². The molecule has 0 aromatic heterocycles. The number of hydrogen-bond acceptors (Lipinski definition) is 2. The minimum Gasteiger partial charge on any atom is -0.360 e. The molecule has 1 amide bonds. The highest BCUT2D eigenvalue weighted by Gasteiger charge is 2.30. The third-order valence-corrected chi connectivity index (χ3v) is 4.49. The van der Waals surface area contributed by atoms with Gasteiger partial charge >= 0.3 is 0 Å². The molecule has 2 aliphatic rings. The van der Waals surface area contributed by atoms with Crippen LogP contribution in [0.3, 0.4) is 0 Å². The summed E-state index contributed by atoms with van der Waals surface area (Å²) in [4.78, 5) is 14.6. The number of rotatable bonds is 0. The molecule has 2 bridgehead atoms. The van der Waals surface area contributed by atoms with Gasteiger partial charge in [-0.3, -0.25) is 4.79 Å². The fourth-order valence-electron chi connectivity index (χ4n) is 3.38. The highest BCUT2D eigenvalue weighted by atomic mass is 16.2. The topological polar surface area (TPSA) is 32.3 Å². The van der Waals surface area contributed by atoms with Gasteiger partial charge in [0.25, 0.3) is 0 Å². The monoisotopic (exact) mass is 272 g/mol. The highest BCUT2D eigenvalue weighted by Crippen LogP contribution is 2.27. The summed E-state index contributed by atoms with van der Waals surface area (Å²) in [7, 11) is 0. The van der Waals surface area contributed by atoms with Crippen molar-refractivity contribution in [3.8, 4) is 0 Å². The molecule has 1 atom stereocenters. The third kappa shape index (κ3) is 2.97. The van der Waals surface area contributed by atoms with Crippen molar-refractivity contribution in [1.82, 2.24) is 5.32 Å². The van der Waals surface area contributed by atoms with Gasteiger partial charge in [-0.25, -0.2) is 0 Å². The lowest BCUT2D eigenvalue weighted by Crippen LogP contribution is -2.43. The van der Waals surface area contributed by atoms with E-state index < -0.39 is 0 Å². The van der Waals surface area contributed by atoms with Gasteiger partial charge in [0, 0.05) is 18.8 Å². The largest absolute Gasteiger partial charge is 0.360 e. The van der Waals surface area contributed by atoms with E-state index in [1.54, 1.807) is 0 Å². The zero-order valence-corrected chi connectivity index (χ0v) is 12.1. The van der Waals surface area contributed by atoms with E-state index in [-0.39, 0.29) is 11.9 Å². The van der Waals surface area contributed by atoms with Gasteiger partial charge in [-0.15, -0.1) is 0 Å². The second-order valence-electron chi connectivity index (χ2n) is 5.98. The van der Waals surface area contributed by atoms with Crippen molar-refractivity contribution in [3.05, 3.63) is 29.8 Å². The molecule has 3 rings (SSSR count). The van der Waals surface area contributed by atoms with Gasteiger partial charge < -0.3 is 10.2 Å². The number of hydrogen-bond donors (Lipinski definition) is 1. The maximum absolute atomic E-state index is 12.3.